The minimum atomic E-state index is -1.70. The number of hydrogen-bond donors (Lipinski definition) is 1. The third-order valence-corrected chi connectivity index (χ3v) is 7.92. The smallest absolute Gasteiger partial charge is 0.236 e. The molecule has 1 spiro atoms. The number of rotatable bonds is 4. The maximum atomic E-state index is 13.7. The first-order chi connectivity index (χ1) is 17.8. The maximum absolute atomic E-state index is 13.7. The van der Waals surface area contributed by atoms with Gasteiger partial charge in [0.25, 0.3) is 0 Å². The van der Waals surface area contributed by atoms with E-state index in [1.807, 2.05) is 19.1 Å². The molecule has 0 saturated heterocycles. The van der Waals surface area contributed by atoms with Crippen molar-refractivity contribution < 1.29 is 23.8 Å². The molecular formula is C27H27ClN4O5. The SMILES string of the molecule is COc1cc(OC)c2c(c1Cl)O[C@@]1(C(=O)C=C(Nc3ccc4c(c3)nc3n4CCN(C)C3)C[C@H]1C)C2=O. The summed E-state index contributed by atoms with van der Waals surface area (Å²) in [6.45, 7) is 4.54. The van der Waals surface area contributed by atoms with Gasteiger partial charge in [-0.15, -0.1) is 0 Å². The van der Waals surface area contributed by atoms with Crippen LogP contribution in [-0.2, 0) is 17.9 Å². The average Bonchev–Trinajstić information content (AvgIpc) is 3.38. The van der Waals surface area contributed by atoms with E-state index in [-0.39, 0.29) is 22.1 Å². The lowest BCUT2D eigenvalue weighted by atomic mass is 9.74. The normalized spacial score (nSPS) is 23.1. The predicted molar refractivity (Wildman–Crippen MR) is 139 cm³/mol. The average molecular weight is 523 g/mol. The van der Waals surface area contributed by atoms with Gasteiger partial charge >= 0.3 is 0 Å². The third kappa shape index (κ3) is 3.44. The maximum Gasteiger partial charge on any atom is 0.236 e. The van der Waals surface area contributed by atoms with Crippen LogP contribution < -0.4 is 19.5 Å². The van der Waals surface area contributed by atoms with E-state index in [1.165, 1.54) is 26.4 Å². The van der Waals surface area contributed by atoms with Gasteiger partial charge in [0.2, 0.25) is 17.2 Å². The second-order valence-corrected chi connectivity index (χ2v) is 10.2. The third-order valence-electron chi connectivity index (χ3n) is 7.56. The van der Waals surface area contributed by atoms with E-state index >= 15 is 0 Å². The summed E-state index contributed by atoms with van der Waals surface area (Å²) >= 11 is 6.47. The molecule has 0 amide bonds. The van der Waals surface area contributed by atoms with Crippen molar-refractivity contribution in [3.8, 4) is 17.2 Å². The van der Waals surface area contributed by atoms with Gasteiger partial charge in [0.15, 0.2) is 5.75 Å². The number of hydrogen-bond acceptors (Lipinski definition) is 8. The molecule has 2 aromatic carbocycles. The zero-order valence-corrected chi connectivity index (χ0v) is 21.8. The highest BCUT2D eigenvalue weighted by Gasteiger charge is 2.60. The second kappa shape index (κ2) is 8.49. The molecule has 3 aliphatic rings. The number of methoxy groups -OCH3 is 2. The highest BCUT2D eigenvalue weighted by Crippen LogP contribution is 2.53. The Morgan fingerprint density at radius 2 is 1.95 bits per heavy atom. The molecule has 2 aliphatic heterocycles. The molecule has 0 bridgehead atoms. The van der Waals surface area contributed by atoms with Gasteiger partial charge in [-0.1, -0.05) is 18.5 Å². The van der Waals surface area contributed by atoms with Gasteiger partial charge in [-0.05, 0) is 31.7 Å². The van der Waals surface area contributed by atoms with Crippen molar-refractivity contribution in [2.24, 2.45) is 5.92 Å². The van der Waals surface area contributed by atoms with Crippen LogP contribution in [0.1, 0.15) is 29.5 Å². The number of halogens is 1. The molecule has 3 aromatic rings. The van der Waals surface area contributed by atoms with Crippen LogP contribution in [0, 0.1) is 5.92 Å². The molecule has 0 unspecified atom stereocenters. The van der Waals surface area contributed by atoms with Crippen molar-refractivity contribution in [2.45, 2.75) is 32.0 Å². The molecule has 37 heavy (non-hydrogen) atoms. The number of anilines is 1. The fraction of sp³-hybridized carbons (Fsp3) is 0.370. The van der Waals surface area contributed by atoms with Crippen molar-refractivity contribution in [1.82, 2.24) is 14.5 Å². The number of Topliss-reactive ketones (excluding diaryl/α,β-unsaturated/α-hetero) is 1. The zero-order valence-electron chi connectivity index (χ0n) is 21.1. The summed E-state index contributed by atoms with van der Waals surface area (Å²) in [5.74, 6) is 0.379. The molecule has 2 atom stereocenters. The monoisotopic (exact) mass is 522 g/mol. The number of carbonyl (C=O) groups is 2. The molecule has 0 fully saturated rings. The number of nitrogens with zero attached hydrogens (tertiary/aromatic N) is 3. The van der Waals surface area contributed by atoms with Gasteiger partial charge in [0.1, 0.15) is 27.9 Å². The number of fused-ring (bicyclic) bond motifs is 4. The Kier molecular flexibility index (Phi) is 5.47. The molecule has 1 aliphatic carbocycles. The second-order valence-electron chi connectivity index (χ2n) is 9.85. The van der Waals surface area contributed by atoms with E-state index < -0.39 is 23.1 Å². The first-order valence-corrected chi connectivity index (χ1v) is 12.5. The Hall–Kier alpha value is -3.56. The lowest BCUT2D eigenvalue weighted by molar-refractivity contribution is -0.129. The summed E-state index contributed by atoms with van der Waals surface area (Å²) in [7, 11) is 5.00. The van der Waals surface area contributed by atoms with E-state index in [4.69, 9.17) is 30.8 Å². The van der Waals surface area contributed by atoms with Crippen LogP contribution in [0.5, 0.6) is 17.2 Å². The Labute approximate surface area is 218 Å². The number of ketones is 2. The van der Waals surface area contributed by atoms with Gasteiger partial charge in [0.05, 0.1) is 31.8 Å². The fourth-order valence-corrected chi connectivity index (χ4v) is 5.89. The van der Waals surface area contributed by atoms with Crippen LogP contribution in [-0.4, -0.2) is 59.4 Å². The first-order valence-electron chi connectivity index (χ1n) is 12.1. The zero-order chi connectivity index (χ0) is 26.1. The number of nitrogens with one attached hydrogen (secondary N) is 1. The Morgan fingerprint density at radius 1 is 1.16 bits per heavy atom. The molecule has 0 saturated carbocycles. The lowest BCUT2D eigenvalue weighted by Crippen LogP contribution is -2.55. The van der Waals surface area contributed by atoms with Gasteiger partial charge < -0.3 is 24.1 Å². The number of ether oxygens (including phenoxy) is 3. The molecular weight excluding hydrogens is 496 g/mol. The van der Waals surface area contributed by atoms with E-state index in [1.54, 1.807) is 0 Å². The molecule has 6 rings (SSSR count). The van der Waals surface area contributed by atoms with Gasteiger partial charge in [0, 0.05) is 42.5 Å². The predicted octanol–water partition coefficient (Wildman–Crippen LogP) is 4.07. The number of imidazole rings is 1. The highest BCUT2D eigenvalue weighted by molar-refractivity contribution is 6.36. The summed E-state index contributed by atoms with van der Waals surface area (Å²) in [6, 6.07) is 7.56. The summed E-state index contributed by atoms with van der Waals surface area (Å²) in [6.07, 6.45) is 1.88. The summed E-state index contributed by atoms with van der Waals surface area (Å²) in [5, 5.41) is 3.50. The molecule has 1 aromatic heterocycles. The van der Waals surface area contributed by atoms with E-state index in [2.05, 4.69) is 27.9 Å². The van der Waals surface area contributed by atoms with Crippen molar-refractivity contribution >= 4 is 39.9 Å². The summed E-state index contributed by atoms with van der Waals surface area (Å²) in [4.78, 5) is 34.3. The van der Waals surface area contributed by atoms with Crippen LogP contribution in [0.4, 0.5) is 5.69 Å². The van der Waals surface area contributed by atoms with Crippen LogP contribution in [0.3, 0.4) is 0 Å². The largest absolute Gasteiger partial charge is 0.496 e. The Morgan fingerprint density at radius 3 is 2.68 bits per heavy atom. The summed E-state index contributed by atoms with van der Waals surface area (Å²) in [5.41, 5.74) is 2.00. The molecule has 10 heteroatoms. The van der Waals surface area contributed by atoms with E-state index in [9.17, 15) is 9.59 Å². The standard InChI is InChI=1S/C27H27ClN4O5/c1-14-9-16(29-15-5-6-18-17(10-15)30-22-13-31(2)7-8-32(18)22)11-21(33)27(14)26(34)23-19(35-3)12-20(36-4)24(28)25(23)37-27/h5-6,10-12,14,29H,7-9,13H2,1-4H3/t14-,27+/m1/s1. The van der Waals surface area contributed by atoms with Gasteiger partial charge in [-0.25, -0.2) is 4.98 Å². The number of aromatic nitrogens is 2. The Balaban J connectivity index is 1.31. The van der Waals surface area contributed by atoms with Crippen LogP contribution in [0.15, 0.2) is 36.0 Å². The van der Waals surface area contributed by atoms with Crippen LogP contribution >= 0.6 is 11.6 Å². The Bertz CT molecular complexity index is 1510. The first kappa shape index (κ1) is 23.8. The van der Waals surface area contributed by atoms with E-state index in [0.717, 1.165) is 42.2 Å². The molecule has 9 nitrogen and oxygen atoms in total. The fourth-order valence-electron chi connectivity index (χ4n) is 5.62. The molecule has 0 radical (unpaired) electrons. The van der Waals surface area contributed by atoms with Gasteiger partial charge in [-0.3, -0.25) is 14.5 Å². The van der Waals surface area contributed by atoms with Crippen LogP contribution in [0.2, 0.25) is 5.02 Å². The minimum absolute atomic E-state index is 0.118. The van der Waals surface area contributed by atoms with Gasteiger partial charge in [-0.2, -0.15) is 0 Å². The topological polar surface area (TPSA) is 94.9 Å². The number of benzene rings is 2. The van der Waals surface area contributed by atoms with Crippen molar-refractivity contribution in [3.05, 3.63) is 52.4 Å². The van der Waals surface area contributed by atoms with Crippen LogP contribution in [0.25, 0.3) is 11.0 Å². The van der Waals surface area contributed by atoms with E-state index in [0.29, 0.717) is 17.9 Å². The molecule has 1 N–H and O–H groups in total. The summed E-state index contributed by atoms with van der Waals surface area (Å²) < 4.78 is 19.1. The lowest BCUT2D eigenvalue weighted by Gasteiger charge is -2.35. The van der Waals surface area contributed by atoms with Crippen molar-refractivity contribution in [2.75, 3.05) is 33.1 Å². The molecule has 192 valence electrons. The highest BCUT2D eigenvalue weighted by atomic mass is 35.5. The molecule has 3 heterocycles. The quantitative estimate of drug-likeness (QED) is 0.512. The minimum Gasteiger partial charge on any atom is -0.496 e. The van der Waals surface area contributed by atoms with Crippen molar-refractivity contribution in [1.29, 1.82) is 0 Å². The van der Waals surface area contributed by atoms with Crippen molar-refractivity contribution in [3.63, 3.8) is 0 Å². The number of allylic oxidation sites excluding steroid dienone is 1. The number of carbonyl (C=O) groups excluding carboxylic acids is 2. The number of likely N-dealkylation sites (N-methyl/N-ethyl adjacent to an activating group) is 1.